The molecule has 13 heteroatoms. The molecule has 1 saturated carbocycles. The van der Waals surface area contributed by atoms with Crippen LogP contribution >= 0.6 is 24.8 Å². The zero-order valence-corrected chi connectivity index (χ0v) is 22.3. The molecule has 1 aliphatic carbocycles. The summed E-state index contributed by atoms with van der Waals surface area (Å²) in [6, 6.07) is 7.39. The first-order valence-electron chi connectivity index (χ1n) is 12.1. The van der Waals surface area contributed by atoms with E-state index in [1.165, 1.54) is 0 Å². The maximum atomic E-state index is 13.4. The fraction of sp³-hybridized carbons (Fsp3) is 0.462. The molecule has 2 fully saturated rings. The molecule has 1 aliphatic heterocycles. The van der Waals surface area contributed by atoms with Gasteiger partial charge in [-0.2, -0.15) is 31.4 Å². The number of benzene rings is 2. The first-order chi connectivity index (χ1) is 17.4. The average Bonchev–Trinajstić information content (AvgIpc) is 3.35. The van der Waals surface area contributed by atoms with Crippen molar-refractivity contribution in [1.29, 1.82) is 0 Å². The van der Waals surface area contributed by atoms with Gasteiger partial charge in [-0.05, 0) is 66.8 Å². The first-order valence-corrected chi connectivity index (χ1v) is 12.1. The second kappa shape index (κ2) is 11.5. The van der Waals surface area contributed by atoms with Crippen molar-refractivity contribution in [1.82, 2.24) is 20.4 Å². The van der Waals surface area contributed by atoms with Gasteiger partial charge in [-0.1, -0.05) is 18.9 Å². The molecule has 0 spiro atoms. The Hall–Kier alpha value is -2.50. The predicted octanol–water partition coefficient (Wildman–Crippen LogP) is 6.75. The average molecular weight is 597 g/mol. The van der Waals surface area contributed by atoms with Gasteiger partial charge < -0.3 is 5.32 Å². The Kier molecular flexibility index (Phi) is 9.19. The Morgan fingerprint density at radius 2 is 1.67 bits per heavy atom. The number of amides is 1. The van der Waals surface area contributed by atoms with E-state index in [0.717, 1.165) is 29.3 Å². The third kappa shape index (κ3) is 7.18. The molecule has 1 aromatic heterocycles. The van der Waals surface area contributed by atoms with E-state index in [0.29, 0.717) is 50.5 Å². The number of aromatic nitrogens is 2. The zero-order chi connectivity index (χ0) is 26.4. The lowest BCUT2D eigenvalue weighted by Crippen LogP contribution is -2.43. The summed E-state index contributed by atoms with van der Waals surface area (Å²) in [5.74, 6) is 0.0940. The fourth-order valence-corrected chi connectivity index (χ4v) is 5.25. The number of alkyl halides is 6. The monoisotopic (exact) mass is 596 g/mol. The highest BCUT2D eigenvalue weighted by Gasteiger charge is 2.47. The van der Waals surface area contributed by atoms with Crippen molar-refractivity contribution >= 4 is 41.6 Å². The number of rotatable bonds is 7. The van der Waals surface area contributed by atoms with Gasteiger partial charge in [0, 0.05) is 25.0 Å². The number of likely N-dealkylation sites (tertiary alicyclic amines) is 1. The van der Waals surface area contributed by atoms with Crippen LogP contribution in [0.1, 0.15) is 47.9 Å². The van der Waals surface area contributed by atoms with Crippen LogP contribution in [0.15, 0.2) is 42.6 Å². The summed E-state index contributed by atoms with van der Waals surface area (Å²) in [4.78, 5) is 15.6. The molecule has 5 nitrogen and oxygen atoms in total. The molecular weight excluding hydrogens is 569 g/mol. The number of H-pyrrole nitrogens is 1. The Morgan fingerprint density at radius 3 is 2.28 bits per heavy atom. The SMILES string of the molecule is Cl.Cl.O=C(NCc1cc(C(F)(F)F)cc(C(F)(F)F)c1)C1(CC2CC2)CCN(Cc2ccc3[nH]ncc3c2)C1. The van der Waals surface area contributed by atoms with Crippen LogP contribution in [0.3, 0.4) is 0 Å². The molecule has 1 amide bonds. The summed E-state index contributed by atoms with van der Waals surface area (Å²) in [6.45, 7) is 1.37. The number of aromatic amines is 1. The van der Waals surface area contributed by atoms with Gasteiger partial charge in [-0.15, -0.1) is 24.8 Å². The maximum Gasteiger partial charge on any atom is 0.416 e. The normalized spacial score (nSPS) is 19.9. The van der Waals surface area contributed by atoms with E-state index < -0.39 is 35.4 Å². The lowest BCUT2D eigenvalue weighted by Gasteiger charge is -2.29. The van der Waals surface area contributed by atoms with Gasteiger partial charge in [0.2, 0.25) is 5.91 Å². The van der Waals surface area contributed by atoms with Crippen LogP contribution in [0, 0.1) is 11.3 Å². The van der Waals surface area contributed by atoms with Crippen LogP contribution in [-0.2, 0) is 30.2 Å². The molecule has 1 atom stereocenters. The maximum absolute atomic E-state index is 13.4. The van der Waals surface area contributed by atoms with Gasteiger partial charge in [0.1, 0.15) is 0 Å². The number of carbonyl (C=O) groups excluding carboxylic acids is 1. The third-order valence-electron chi connectivity index (χ3n) is 7.30. The predicted molar refractivity (Wildman–Crippen MR) is 139 cm³/mol. The molecule has 2 N–H and O–H groups in total. The highest BCUT2D eigenvalue weighted by Crippen LogP contribution is 2.45. The minimum Gasteiger partial charge on any atom is -0.352 e. The number of nitrogens with one attached hydrogen (secondary N) is 2. The van der Waals surface area contributed by atoms with Crippen LogP contribution in [0.5, 0.6) is 0 Å². The second-order valence-corrected chi connectivity index (χ2v) is 10.3. The molecule has 0 radical (unpaired) electrons. The number of hydrogen-bond acceptors (Lipinski definition) is 3. The van der Waals surface area contributed by atoms with Crippen molar-refractivity contribution in [3.05, 3.63) is 64.8 Å². The topological polar surface area (TPSA) is 61.0 Å². The summed E-state index contributed by atoms with van der Waals surface area (Å²) < 4.78 is 79.3. The smallest absolute Gasteiger partial charge is 0.352 e. The van der Waals surface area contributed by atoms with Gasteiger partial charge in [-0.3, -0.25) is 14.8 Å². The second-order valence-electron chi connectivity index (χ2n) is 10.3. The standard InChI is InChI=1S/C26H26F6N4O.2ClH/c27-25(28,29)20-8-18(9-21(10-20)26(30,31)32)12-33-23(37)24(11-16-1-2-16)5-6-36(15-24)14-17-3-4-22-19(7-17)13-34-35-22;;/h3-4,7-10,13,16H,1-2,5-6,11-12,14-15H2,(H,33,37)(H,34,35);2*1H. The molecular formula is C26H28Cl2F6N4O. The van der Waals surface area contributed by atoms with Gasteiger partial charge in [0.05, 0.1) is 28.3 Å². The van der Waals surface area contributed by atoms with Crippen molar-refractivity contribution in [2.75, 3.05) is 13.1 Å². The van der Waals surface area contributed by atoms with Crippen molar-refractivity contribution in [2.24, 2.45) is 11.3 Å². The molecule has 3 aromatic rings. The van der Waals surface area contributed by atoms with E-state index >= 15 is 0 Å². The van der Waals surface area contributed by atoms with E-state index in [1.54, 1.807) is 6.20 Å². The number of fused-ring (bicyclic) bond motifs is 1. The Balaban J connectivity index is 0.00000210. The summed E-state index contributed by atoms with van der Waals surface area (Å²) in [5.41, 5.74) is -1.74. The number of nitrogens with zero attached hydrogens (tertiary/aromatic N) is 2. The Morgan fingerprint density at radius 1 is 1.00 bits per heavy atom. The van der Waals surface area contributed by atoms with E-state index in [9.17, 15) is 31.1 Å². The summed E-state index contributed by atoms with van der Waals surface area (Å²) in [6.07, 6.45) is -4.83. The van der Waals surface area contributed by atoms with E-state index in [1.807, 2.05) is 18.2 Å². The molecule has 5 rings (SSSR count). The number of carbonyl (C=O) groups is 1. The summed E-state index contributed by atoms with van der Waals surface area (Å²) in [7, 11) is 0. The first kappa shape index (κ1) is 31.0. The lowest BCUT2D eigenvalue weighted by molar-refractivity contribution is -0.143. The molecule has 2 heterocycles. The van der Waals surface area contributed by atoms with Gasteiger partial charge in [0.25, 0.3) is 0 Å². The van der Waals surface area contributed by atoms with Crippen LogP contribution in [0.4, 0.5) is 26.3 Å². The fourth-order valence-electron chi connectivity index (χ4n) is 5.25. The van der Waals surface area contributed by atoms with Crippen molar-refractivity contribution in [3.8, 4) is 0 Å². The molecule has 1 unspecified atom stereocenters. The Labute approximate surface area is 233 Å². The minimum absolute atomic E-state index is 0. The third-order valence-corrected chi connectivity index (χ3v) is 7.30. The minimum atomic E-state index is -4.93. The number of halogens is 8. The molecule has 2 aliphatic rings. The lowest BCUT2D eigenvalue weighted by atomic mass is 9.80. The quantitative estimate of drug-likeness (QED) is 0.296. The van der Waals surface area contributed by atoms with Gasteiger partial charge in [-0.25, -0.2) is 0 Å². The zero-order valence-electron chi connectivity index (χ0n) is 20.7. The summed E-state index contributed by atoms with van der Waals surface area (Å²) in [5, 5.41) is 10.6. The molecule has 39 heavy (non-hydrogen) atoms. The van der Waals surface area contributed by atoms with E-state index in [4.69, 9.17) is 0 Å². The van der Waals surface area contributed by atoms with E-state index in [2.05, 4.69) is 20.4 Å². The van der Waals surface area contributed by atoms with Crippen LogP contribution in [0.2, 0.25) is 0 Å². The highest BCUT2D eigenvalue weighted by atomic mass is 35.5. The van der Waals surface area contributed by atoms with Crippen LogP contribution in [-0.4, -0.2) is 34.1 Å². The van der Waals surface area contributed by atoms with Gasteiger partial charge >= 0.3 is 12.4 Å². The van der Waals surface area contributed by atoms with Crippen LogP contribution < -0.4 is 5.32 Å². The van der Waals surface area contributed by atoms with E-state index in [-0.39, 0.29) is 42.4 Å². The van der Waals surface area contributed by atoms with Crippen molar-refractivity contribution in [3.63, 3.8) is 0 Å². The van der Waals surface area contributed by atoms with Crippen molar-refractivity contribution in [2.45, 2.75) is 51.1 Å². The Bertz CT molecular complexity index is 1280. The van der Waals surface area contributed by atoms with Gasteiger partial charge in [0.15, 0.2) is 0 Å². The molecule has 0 bridgehead atoms. The highest BCUT2D eigenvalue weighted by molar-refractivity contribution is 5.85. The molecule has 1 saturated heterocycles. The number of hydrogen-bond donors (Lipinski definition) is 2. The van der Waals surface area contributed by atoms with Crippen molar-refractivity contribution < 1.29 is 31.1 Å². The van der Waals surface area contributed by atoms with Crippen LogP contribution in [0.25, 0.3) is 10.9 Å². The molecule has 214 valence electrons. The summed E-state index contributed by atoms with van der Waals surface area (Å²) >= 11 is 0. The molecule has 2 aromatic carbocycles. The largest absolute Gasteiger partial charge is 0.416 e.